The quantitative estimate of drug-likeness (QED) is 0.909. The molecule has 1 amide bonds. The maximum Gasteiger partial charge on any atom is 0.290 e. The molecule has 0 saturated heterocycles. The lowest BCUT2D eigenvalue weighted by Gasteiger charge is -2.30. The highest BCUT2D eigenvalue weighted by Gasteiger charge is 2.26. The fraction of sp³-hybridized carbons (Fsp3) is 0.444. The minimum absolute atomic E-state index is 0.133. The highest BCUT2D eigenvalue weighted by Crippen LogP contribution is 2.24. The van der Waals surface area contributed by atoms with E-state index >= 15 is 0 Å². The molecule has 2 atom stereocenters. The Bertz CT molecular complexity index is 663. The van der Waals surface area contributed by atoms with Crippen LogP contribution in [0.3, 0.4) is 0 Å². The number of nitrogens with two attached hydrogens (primary N) is 1. The Labute approximate surface area is 136 Å². The Morgan fingerprint density at radius 2 is 2.04 bits per heavy atom. The maximum atomic E-state index is 12.4. The van der Waals surface area contributed by atoms with E-state index < -0.39 is 0 Å². The summed E-state index contributed by atoms with van der Waals surface area (Å²) in [5.74, 6) is 0.398. The van der Waals surface area contributed by atoms with Crippen LogP contribution in [-0.4, -0.2) is 23.7 Å². The van der Waals surface area contributed by atoms with Crippen molar-refractivity contribution >= 4 is 5.91 Å². The number of benzene rings is 1. The van der Waals surface area contributed by atoms with E-state index in [4.69, 9.17) is 10.3 Å². The van der Waals surface area contributed by atoms with E-state index in [1.54, 1.807) is 6.07 Å². The highest BCUT2D eigenvalue weighted by atomic mass is 16.5. The highest BCUT2D eigenvalue weighted by molar-refractivity contribution is 5.92. The molecule has 1 saturated carbocycles. The molecule has 2 unspecified atom stereocenters. The van der Waals surface area contributed by atoms with Crippen molar-refractivity contribution in [3.05, 3.63) is 41.7 Å². The van der Waals surface area contributed by atoms with Crippen LogP contribution >= 0.6 is 0 Å². The van der Waals surface area contributed by atoms with Crippen LogP contribution in [0.4, 0.5) is 0 Å². The number of rotatable bonds is 4. The van der Waals surface area contributed by atoms with Crippen LogP contribution in [0.2, 0.25) is 0 Å². The fourth-order valence-electron chi connectivity index (χ4n) is 3.16. The Morgan fingerprint density at radius 1 is 1.30 bits per heavy atom. The number of hydrogen-bond acceptors (Lipinski definition) is 4. The monoisotopic (exact) mass is 313 g/mol. The van der Waals surface area contributed by atoms with Crippen LogP contribution < -0.4 is 11.1 Å². The van der Waals surface area contributed by atoms with Gasteiger partial charge in [-0.25, -0.2) is 0 Å². The van der Waals surface area contributed by atoms with E-state index in [-0.39, 0.29) is 17.7 Å². The van der Waals surface area contributed by atoms with Gasteiger partial charge in [-0.2, -0.15) is 0 Å². The second-order valence-electron chi connectivity index (χ2n) is 6.30. The second kappa shape index (κ2) is 6.96. The van der Waals surface area contributed by atoms with Crippen LogP contribution in [0, 0.1) is 12.8 Å². The summed E-state index contributed by atoms with van der Waals surface area (Å²) in [6, 6.07) is 9.80. The minimum atomic E-state index is -0.207. The van der Waals surface area contributed by atoms with Gasteiger partial charge in [0.2, 0.25) is 5.76 Å². The van der Waals surface area contributed by atoms with E-state index in [0.717, 1.165) is 24.8 Å². The molecule has 1 aliphatic carbocycles. The number of nitrogens with one attached hydrogen (secondary N) is 1. The van der Waals surface area contributed by atoms with Crippen LogP contribution in [0.5, 0.6) is 0 Å². The van der Waals surface area contributed by atoms with E-state index in [9.17, 15) is 4.79 Å². The molecule has 3 rings (SSSR count). The summed E-state index contributed by atoms with van der Waals surface area (Å²) in [5.41, 5.74) is 8.61. The summed E-state index contributed by atoms with van der Waals surface area (Å²) in [4.78, 5) is 12.4. The van der Waals surface area contributed by atoms with Gasteiger partial charge in [0, 0.05) is 17.7 Å². The van der Waals surface area contributed by atoms with E-state index in [2.05, 4.69) is 10.5 Å². The molecule has 5 nitrogen and oxygen atoms in total. The van der Waals surface area contributed by atoms with Crippen LogP contribution in [-0.2, 0) is 0 Å². The first-order chi connectivity index (χ1) is 11.2. The number of nitrogens with zero attached hydrogens (tertiary/aromatic N) is 1. The molecule has 1 fully saturated rings. The summed E-state index contributed by atoms with van der Waals surface area (Å²) >= 11 is 0. The zero-order valence-electron chi connectivity index (χ0n) is 13.4. The Kier molecular flexibility index (Phi) is 4.76. The number of aryl methyl sites for hydroxylation is 1. The average Bonchev–Trinajstić information content (AvgIpc) is 3.06. The molecule has 0 spiro atoms. The van der Waals surface area contributed by atoms with Gasteiger partial charge in [0.05, 0.1) is 0 Å². The molecule has 5 heteroatoms. The molecule has 23 heavy (non-hydrogen) atoms. The number of aromatic nitrogens is 1. The second-order valence-corrected chi connectivity index (χ2v) is 6.30. The number of hydrogen-bond donors (Lipinski definition) is 2. The summed E-state index contributed by atoms with van der Waals surface area (Å²) in [7, 11) is 0. The van der Waals surface area contributed by atoms with Gasteiger partial charge in [0.25, 0.3) is 5.91 Å². The average molecular weight is 313 g/mol. The number of carbonyl (C=O) groups is 1. The Hall–Kier alpha value is -2.14. The molecular weight excluding hydrogens is 290 g/mol. The Morgan fingerprint density at radius 3 is 2.78 bits per heavy atom. The molecule has 1 heterocycles. The first-order valence-corrected chi connectivity index (χ1v) is 8.22. The zero-order valence-corrected chi connectivity index (χ0v) is 13.4. The molecular formula is C18H23N3O2. The molecule has 1 aliphatic rings. The summed E-state index contributed by atoms with van der Waals surface area (Å²) in [6.07, 6.45) is 4.37. The van der Waals surface area contributed by atoms with Crippen molar-refractivity contribution < 1.29 is 9.32 Å². The lowest BCUT2D eigenvalue weighted by molar-refractivity contribution is 0.0870. The van der Waals surface area contributed by atoms with Crippen LogP contribution in [0.1, 0.15) is 41.8 Å². The lowest BCUT2D eigenvalue weighted by atomic mass is 9.84. The normalized spacial score (nSPS) is 21.1. The summed E-state index contributed by atoms with van der Waals surface area (Å²) in [6.45, 7) is 2.64. The third kappa shape index (κ3) is 3.62. The van der Waals surface area contributed by atoms with Gasteiger partial charge in [-0.05, 0) is 32.2 Å². The zero-order chi connectivity index (χ0) is 16.2. The molecule has 1 aromatic heterocycles. The maximum absolute atomic E-state index is 12.4. The SMILES string of the molecule is Cc1ccc(-c2cc(C(=O)NC3CCCCC3CN)on2)cc1. The predicted octanol–water partition coefficient (Wildman–Crippen LogP) is 2.90. The number of amides is 1. The molecule has 122 valence electrons. The largest absolute Gasteiger partial charge is 0.350 e. The van der Waals surface area contributed by atoms with Crippen molar-refractivity contribution in [3.63, 3.8) is 0 Å². The molecule has 3 N–H and O–H groups in total. The first kappa shape index (κ1) is 15.7. The van der Waals surface area contributed by atoms with E-state index in [1.165, 1.54) is 12.0 Å². The fourth-order valence-corrected chi connectivity index (χ4v) is 3.16. The Balaban J connectivity index is 1.69. The standard InChI is InChI=1S/C18H23N3O2/c1-12-6-8-13(9-7-12)16-10-17(23-21-16)18(22)20-15-5-3-2-4-14(15)11-19/h6-10,14-15H,2-5,11,19H2,1H3,(H,20,22). The third-order valence-corrected chi connectivity index (χ3v) is 4.61. The smallest absolute Gasteiger partial charge is 0.290 e. The van der Waals surface area contributed by atoms with Crippen molar-refractivity contribution in [1.82, 2.24) is 10.5 Å². The van der Waals surface area contributed by atoms with Gasteiger partial charge < -0.3 is 15.6 Å². The summed E-state index contributed by atoms with van der Waals surface area (Å²) in [5, 5.41) is 7.07. The van der Waals surface area contributed by atoms with Gasteiger partial charge in [-0.3, -0.25) is 4.79 Å². The van der Waals surface area contributed by atoms with Crippen molar-refractivity contribution in [2.45, 2.75) is 38.6 Å². The minimum Gasteiger partial charge on any atom is -0.350 e. The van der Waals surface area contributed by atoms with Crippen LogP contribution in [0.15, 0.2) is 34.9 Å². The van der Waals surface area contributed by atoms with Gasteiger partial charge in [0.15, 0.2) is 0 Å². The van der Waals surface area contributed by atoms with Gasteiger partial charge in [-0.1, -0.05) is 47.8 Å². The summed E-state index contributed by atoms with van der Waals surface area (Å²) < 4.78 is 5.23. The van der Waals surface area contributed by atoms with Crippen molar-refractivity contribution in [2.75, 3.05) is 6.54 Å². The van der Waals surface area contributed by atoms with Crippen molar-refractivity contribution in [3.8, 4) is 11.3 Å². The molecule has 1 aromatic carbocycles. The van der Waals surface area contributed by atoms with Gasteiger partial charge >= 0.3 is 0 Å². The predicted molar refractivity (Wildman–Crippen MR) is 88.9 cm³/mol. The van der Waals surface area contributed by atoms with Crippen molar-refractivity contribution in [1.29, 1.82) is 0 Å². The van der Waals surface area contributed by atoms with Gasteiger partial charge in [0.1, 0.15) is 5.69 Å². The van der Waals surface area contributed by atoms with Gasteiger partial charge in [-0.15, -0.1) is 0 Å². The lowest BCUT2D eigenvalue weighted by Crippen LogP contribution is -2.44. The van der Waals surface area contributed by atoms with Crippen LogP contribution in [0.25, 0.3) is 11.3 Å². The first-order valence-electron chi connectivity index (χ1n) is 8.22. The molecule has 0 bridgehead atoms. The van der Waals surface area contributed by atoms with E-state index in [1.807, 2.05) is 31.2 Å². The molecule has 0 aliphatic heterocycles. The number of carbonyl (C=O) groups excluding carboxylic acids is 1. The molecule has 2 aromatic rings. The third-order valence-electron chi connectivity index (χ3n) is 4.61. The topological polar surface area (TPSA) is 81.2 Å². The van der Waals surface area contributed by atoms with Crippen molar-refractivity contribution in [2.24, 2.45) is 11.7 Å². The molecule has 0 radical (unpaired) electrons. The van der Waals surface area contributed by atoms with E-state index in [0.29, 0.717) is 18.2 Å².